The van der Waals surface area contributed by atoms with E-state index in [1.165, 1.54) is 15.4 Å². The highest BCUT2D eigenvalue weighted by Gasteiger charge is 2.00. The molecule has 15 heavy (non-hydrogen) atoms. The summed E-state index contributed by atoms with van der Waals surface area (Å²) >= 11 is 7.68. The van der Waals surface area contributed by atoms with Crippen LogP contribution in [0.15, 0.2) is 58.3 Å². The van der Waals surface area contributed by atoms with Gasteiger partial charge in [-0.3, -0.25) is 0 Å². The second-order valence-electron chi connectivity index (χ2n) is 3.32. The second-order valence-corrected chi connectivity index (χ2v) is 4.88. The van der Waals surface area contributed by atoms with Crippen molar-refractivity contribution in [2.45, 2.75) is 16.7 Å². The fraction of sp³-hybridized carbons (Fsp3) is 0.0769. The third kappa shape index (κ3) is 2.77. The van der Waals surface area contributed by atoms with Crippen molar-refractivity contribution in [3.8, 4) is 0 Å². The highest BCUT2D eigenvalue weighted by Crippen LogP contribution is 2.31. The molecule has 76 valence electrons. The standard InChI is InChI=1S/C13H11ClS/c1-10-5-2-3-8-13(10)15-12-7-4-6-11(14)9-12/h2-9H,1H3. The summed E-state index contributed by atoms with van der Waals surface area (Å²) in [4.78, 5) is 2.46. The molecule has 0 radical (unpaired) electrons. The van der Waals surface area contributed by atoms with Crippen molar-refractivity contribution in [1.29, 1.82) is 0 Å². The van der Waals surface area contributed by atoms with Gasteiger partial charge >= 0.3 is 0 Å². The van der Waals surface area contributed by atoms with Crippen LogP contribution in [0.1, 0.15) is 5.56 Å². The summed E-state index contributed by atoms with van der Waals surface area (Å²) in [6.07, 6.45) is 0. The van der Waals surface area contributed by atoms with E-state index >= 15 is 0 Å². The third-order valence-electron chi connectivity index (χ3n) is 2.12. The molecule has 0 aliphatic rings. The molecule has 0 amide bonds. The first-order valence-electron chi connectivity index (χ1n) is 4.75. The van der Waals surface area contributed by atoms with Crippen LogP contribution in [0.5, 0.6) is 0 Å². The second kappa shape index (κ2) is 4.73. The number of halogens is 1. The van der Waals surface area contributed by atoms with Gasteiger partial charge in [-0.25, -0.2) is 0 Å². The third-order valence-corrected chi connectivity index (χ3v) is 3.52. The van der Waals surface area contributed by atoms with Gasteiger partial charge in [-0.1, -0.05) is 47.6 Å². The van der Waals surface area contributed by atoms with Crippen LogP contribution in [0, 0.1) is 6.92 Å². The van der Waals surface area contributed by atoms with Gasteiger partial charge in [0.1, 0.15) is 0 Å². The Balaban J connectivity index is 2.26. The molecule has 0 saturated heterocycles. The molecule has 0 saturated carbocycles. The molecule has 2 rings (SSSR count). The van der Waals surface area contributed by atoms with Crippen LogP contribution in [-0.2, 0) is 0 Å². The maximum Gasteiger partial charge on any atom is 0.0417 e. The lowest BCUT2D eigenvalue weighted by Gasteiger charge is -2.04. The summed E-state index contributed by atoms with van der Waals surface area (Å²) in [6.45, 7) is 2.12. The Kier molecular flexibility index (Phi) is 3.34. The largest absolute Gasteiger partial charge is 0.0898 e. The molecule has 0 aliphatic carbocycles. The Bertz CT molecular complexity index is 466. The van der Waals surface area contributed by atoms with Gasteiger partial charge in [0, 0.05) is 14.8 Å². The predicted molar refractivity (Wildman–Crippen MR) is 66.8 cm³/mol. The molecule has 0 bridgehead atoms. The Morgan fingerprint density at radius 1 is 1.00 bits per heavy atom. The summed E-state index contributed by atoms with van der Waals surface area (Å²) in [6, 6.07) is 16.3. The van der Waals surface area contributed by atoms with E-state index in [-0.39, 0.29) is 0 Å². The number of hydrogen-bond donors (Lipinski definition) is 0. The molecule has 0 N–H and O–H groups in total. The fourth-order valence-corrected chi connectivity index (χ4v) is 2.55. The van der Waals surface area contributed by atoms with Crippen LogP contribution in [0.25, 0.3) is 0 Å². The van der Waals surface area contributed by atoms with Crippen LogP contribution in [0.4, 0.5) is 0 Å². The molecule has 2 heteroatoms. The van der Waals surface area contributed by atoms with Crippen LogP contribution < -0.4 is 0 Å². The quantitative estimate of drug-likeness (QED) is 0.719. The minimum Gasteiger partial charge on any atom is -0.0898 e. The molecule has 0 fully saturated rings. The Morgan fingerprint density at radius 2 is 1.80 bits per heavy atom. The van der Waals surface area contributed by atoms with Crippen molar-refractivity contribution in [1.82, 2.24) is 0 Å². The first-order chi connectivity index (χ1) is 7.25. The minimum atomic E-state index is 0.786. The van der Waals surface area contributed by atoms with Crippen molar-refractivity contribution in [3.05, 3.63) is 59.1 Å². The van der Waals surface area contributed by atoms with E-state index in [0.29, 0.717) is 0 Å². The monoisotopic (exact) mass is 234 g/mol. The first kappa shape index (κ1) is 10.6. The van der Waals surface area contributed by atoms with Crippen molar-refractivity contribution < 1.29 is 0 Å². The Hall–Kier alpha value is -0.920. The van der Waals surface area contributed by atoms with Gasteiger partial charge in [0.2, 0.25) is 0 Å². The summed E-state index contributed by atoms with van der Waals surface area (Å²) in [7, 11) is 0. The maximum atomic E-state index is 5.94. The van der Waals surface area contributed by atoms with E-state index in [9.17, 15) is 0 Å². The molecule has 0 aromatic heterocycles. The zero-order chi connectivity index (χ0) is 10.7. The highest BCUT2D eigenvalue weighted by molar-refractivity contribution is 7.99. The molecule has 0 atom stereocenters. The Labute approximate surface area is 99.3 Å². The lowest BCUT2D eigenvalue weighted by molar-refractivity contribution is 1.29. The molecule has 0 aliphatic heterocycles. The van der Waals surface area contributed by atoms with Crippen molar-refractivity contribution >= 4 is 23.4 Å². The lowest BCUT2D eigenvalue weighted by atomic mass is 10.2. The van der Waals surface area contributed by atoms with E-state index in [1.54, 1.807) is 11.8 Å². The molecule has 0 nitrogen and oxygen atoms in total. The average Bonchev–Trinajstić information content (AvgIpc) is 2.22. The lowest BCUT2D eigenvalue weighted by Crippen LogP contribution is -1.78. The summed E-state index contributed by atoms with van der Waals surface area (Å²) in [5.74, 6) is 0. The van der Waals surface area contributed by atoms with Crippen LogP contribution in [0.3, 0.4) is 0 Å². The van der Waals surface area contributed by atoms with Gasteiger partial charge in [-0.05, 0) is 36.8 Å². The van der Waals surface area contributed by atoms with Gasteiger partial charge in [-0.15, -0.1) is 0 Å². The Morgan fingerprint density at radius 3 is 2.53 bits per heavy atom. The minimum absolute atomic E-state index is 0.786. The van der Waals surface area contributed by atoms with Crippen LogP contribution in [0.2, 0.25) is 5.02 Å². The number of benzene rings is 2. The maximum absolute atomic E-state index is 5.94. The van der Waals surface area contributed by atoms with Crippen molar-refractivity contribution in [2.75, 3.05) is 0 Å². The molecular formula is C13H11ClS. The van der Waals surface area contributed by atoms with Crippen LogP contribution in [-0.4, -0.2) is 0 Å². The number of rotatable bonds is 2. The van der Waals surface area contributed by atoms with E-state index in [0.717, 1.165) is 5.02 Å². The molecule has 0 spiro atoms. The summed E-state index contributed by atoms with van der Waals surface area (Å²) in [5.41, 5.74) is 1.29. The van der Waals surface area contributed by atoms with Gasteiger partial charge in [-0.2, -0.15) is 0 Å². The van der Waals surface area contributed by atoms with E-state index in [1.807, 2.05) is 18.2 Å². The van der Waals surface area contributed by atoms with Crippen LogP contribution >= 0.6 is 23.4 Å². The molecule has 0 heterocycles. The van der Waals surface area contributed by atoms with Gasteiger partial charge in [0.05, 0.1) is 0 Å². The van der Waals surface area contributed by atoms with E-state index in [2.05, 4.69) is 37.3 Å². The van der Waals surface area contributed by atoms with Crippen molar-refractivity contribution in [2.24, 2.45) is 0 Å². The smallest absolute Gasteiger partial charge is 0.0417 e. The number of hydrogen-bond acceptors (Lipinski definition) is 1. The zero-order valence-corrected chi connectivity index (χ0v) is 9.98. The first-order valence-corrected chi connectivity index (χ1v) is 5.94. The molecule has 2 aromatic carbocycles. The topological polar surface area (TPSA) is 0 Å². The van der Waals surface area contributed by atoms with E-state index in [4.69, 9.17) is 11.6 Å². The molecule has 2 aromatic rings. The van der Waals surface area contributed by atoms with Crippen molar-refractivity contribution in [3.63, 3.8) is 0 Å². The fourth-order valence-electron chi connectivity index (χ4n) is 1.33. The normalized spacial score (nSPS) is 10.3. The molecular weight excluding hydrogens is 224 g/mol. The average molecular weight is 235 g/mol. The molecule has 0 unspecified atom stereocenters. The summed E-state index contributed by atoms with van der Waals surface area (Å²) in [5, 5.41) is 0.786. The number of aryl methyl sites for hydroxylation is 1. The van der Waals surface area contributed by atoms with Gasteiger partial charge in [0.15, 0.2) is 0 Å². The van der Waals surface area contributed by atoms with Gasteiger partial charge < -0.3 is 0 Å². The summed E-state index contributed by atoms with van der Waals surface area (Å²) < 4.78 is 0. The zero-order valence-electron chi connectivity index (χ0n) is 8.41. The highest BCUT2D eigenvalue weighted by atomic mass is 35.5. The predicted octanol–water partition coefficient (Wildman–Crippen LogP) is 4.80. The van der Waals surface area contributed by atoms with E-state index < -0.39 is 0 Å². The SMILES string of the molecule is Cc1ccccc1Sc1cccc(Cl)c1. The van der Waals surface area contributed by atoms with Gasteiger partial charge in [0.25, 0.3) is 0 Å².